The first kappa shape index (κ1) is 21.8. The molecule has 1 N–H and O–H groups in total. The van der Waals surface area contributed by atoms with E-state index in [0.29, 0.717) is 0 Å². The van der Waals surface area contributed by atoms with Crippen molar-refractivity contribution >= 4 is 29.3 Å². The highest BCUT2D eigenvalue weighted by molar-refractivity contribution is 7.90. The number of rotatable bonds is 5. The lowest BCUT2D eigenvalue weighted by atomic mass is 10.1. The van der Waals surface area contributed by atoms with Gasteiger partial charge in [0.25, 0.3) is 0 Å². The molecule has 0 aliphatic carbocycles. The molecule has 4 nitrogen and oxygen atoms in total. The van der Waals surface area contributed by atoms with Crippen LogP contribution in [0.25, 0.3) is 4.91 Å². The summed E-state index contributed by atoms with van der Waals surface area (Å²) in [7, 11) is 0. The molecule has 0 spiro atoms. The monoisotopic (exact) mass is 362 g/mol. The van der Waals surface area contributed by atoms with E-state index in [1.165, 1.54) is 26.0 Å². The molecule has 0 amide bonds. The first-order valence-electron chi connectivity index (χ1n) is 6.54. The number of hydrogen-bond donors (Lipinski definition) is 2. The van der Waals surface area contributed by atoms with Gasteiger partial charge >= 0.3 is 12.1 Å². The van der Waals surface area contributed by atoms with Crippen LogP contribution in [0.15, 0.2) is 36.9 Å². The molecule has 0 heterocycles. The number of benzene rings is 1. The van der Waals surface area contributed by atoms with Gasteiger partial charge < -0.3 is 14.6 Å². The first-order chi connectivity index (χ1) is 11.0. The zero-order valence-corrected chi connectivity index (χ0v) is 13.9. The van der Waals surface area contributed by atoms with E-state index in [4.69, 9.17) is 9.84 Å². The Kier molecular flexibility index (Phi) is 8.91. The van der Waals surface area contributed by atoms with E-state index in [1.54, 1.807) is 0 Å². The summed E-state index contributed by atoms with van der Waals surface area (Å²) in [5.41, 5.74) is -0.830. The molecule has 0 saturated carbocycles. The van der Waals surface area contributed by atoms with Gasteiger partial charge in [0.1, 0.15) is 11.5 Å². The zero-order valence-electron chi connectivity index (χ0n) is 13.1. The predicted molar refractivity (Wildman–Crippen MR) is 88.1 cm³/mol. The van der Waals surface area contributed by atoms with Gasteiger partial charge in [0.15, 0.2) is 6.61 Å². The maximum atomic E-state index is 12.7. The van der Waals surface area contributed by atoms with Gasteiger partial charge in [0, 0.05) is 10.5 Å². The van der Waals surface area contributed by atoms with Crippen molar-refractivity contribution in [1.82, 2.24) is 0 Å². The molecule has 1 rings (SSSR count). The topological polar surface area (TPSA) is 63.6 Å². The van der Waals surface area contributed by atoms with Crippen LogP contribution in [0.5, 0.6) is 5.75 Å². The van der Waals surface area contributed by atoms with Crippen LogP contribution in [-0.4, -0.2) is 23.5 Å². The minimum absolute atomic E-state index is 0.00324. The number of ether oxygens (including phenoxy) is 1. The second kappa shape index (κ2) is 9.82. The van der Waals surface area contributed by atoms with Gasteiger partial charge in [0.2, 0.25) is 0 Å². The number of carbonyl (C=O) groups excluding carboxylic acids is 1. The lowest BCUT2D eigenvalue weighted by molar-refractivity contribution is -0.140. The normalized spacial score (nSPS) is 11.2. The van der Waals surface area contributed by atoms with Gasteiger partial charge in [-0.1, -0.05) is 12.7 Å². The summed E-state index contributed by atoms with van der Waals surface area (Å²) in [6.45, 7) is 5.82. The fraction of sp³-hybridized carbons (Fsp3) is 0.250. The Morgan fingerprint density at radius 2 is 1.88 bits per heavy atom. The number of thiol groups is 1. The third kappa shape index (κ3) is 8.42. The van der Waals surface area contributed by atoms with E-state index in [0.717, 1.165) is 18.2 Å². The van der Waals surface area contributed by atoms with Crippen molar-refractivity contribution < 1.29 is 32.6 Å². The van der Waals surface area contributed by atoms with Crippen LogP contribution in [0, 0.1) is 0 Å². The number of hydrogen-bond acceptors (Lipinski definition) is 4. The molecule has 0 aliphatic heterocycles. The number of carboxylic acid groups (broad SMARTS) is 1. The Labute approximate surface area is 143 Å². The maximum Gasteiger partial charge on any atom is 0.416 e. The summed E-state index contributed by atoms with van der Waals surface area (Å²) in [5.74, 6) is -1.06. The largest absolute Gasteiger partial charge is 0.481 e. The number of alkyl halides is 3. The van der Waals surface area contributed by atoms with Gasteiger partial charge in [-0.3, -0.25) is 0 Å². The number of aliphatic carboxylic acids is 1. The second-order valence-corrected chi connectivity index (χ2v) is 5.07. The summed E-state index contributed by atoms with van der Waals surface area (Å²) < 4.78 is 42.9. The van der Waals surface area contributed by atoms with Gasteiger partial charge in [-0.25, -0.2) is 4.79 Å². The average molecular weight is 362 g/mol. The van der Waals surface area contributed by atoms with E-state index in [9.17, 15) is 22.8 Å². The Hall–Kier alpha value is -2.22. The van der Waals surface area contributed by atoms with Crippen molar-refractivity contribution in [3.05, 3.63) is 48.1 Å². The fourth-order valence-electron chi connectivity index (χ4n) is 1.37. The molecular weight excluding hydrogens is 345 g/mol. The Morgan fingerprint density at radius 3 is 2.29 bits per heavy atom. The fourth-order valence-corrected chi connectivity index (χ4v) is 1.65. The quantitative estimate of drug-likeness (QED) is 0.608. The molecule has 24 heavy (non-hydrogen) atoms. The lowest BCUT2D eigenvalue weighted by Gasteiger charge is -2.13. The number of carboxylic acids is 1. The van der Waals surface area contributed by atoms with Crippen molar-refractivity contribution in [2.24, 2.45) is 0 Å². The minimum atomic E-state index is -4.51. The summed E-state index contributed by atoms with van der Waals surface area (Å²) in [5, 5.41) is 8.54. The highest BCUT2D eigenvalue weighted by Gasteiger charge is 2.31. The predicted octanol–water partition coefficient (Wildman–Crippen LogP) is 4.22. The van der Waals surface area contributed by atoms with E-state index in [1.807, 2.05) is 0 Å². The highest BCUT2D eigenvalue weighted by Crippen LogP contribution is 2.36. The molecule has 0 bridgehead atoms. The second-order valence-electron chi connectivity index (χ2n) is 4.59. The molecule has 0 unspecified atom stereocenters. The molecule has 0 aromatic heterocycles. The zero-order chi connectivity index (χ0) is 18.9. The summed E-state index contributed by atoms with van der Waals surface area (Å²) in [6.07, 6.45) is -1.78. The van der Waals surface area contributed by atoms with E-state index < -0.39 is 24.3 Å². The van der Waals surface area contributed by atoms with Crippen molar-refractivity contribution in [3.63, 3.8) is 0 Å². The summed E-state index contributed by atoms with van der Waals surface area (Å²) >= 11 is 4.05. The first-order valence-corrected chi connectivity index (χ1v) is 6.98. The molecule has 132 valence electrons. The Balaban J connectivity index is 0.00000118. The molecule has 0 saturated heterocycles. The molecule has 0 fully saturated rings. The number of allylic oxidation sites excluding steroid dienone is 2. The number of halogens is 3. The molecular formula is C16H17F3O4S. The van der Waals surface area contributed by atoms with Crippen LogP contribution >= 0.6 is 12.6 Å². The maximum absolute atomic E-state index is 12.7. The van der Waals surface area contributed by atoms with Gasteiger partial charge in [-0.05, 0) is 38.1 Å². The number of ketones is 1. The lowest BCUT2D eigenvalue weighted by Crippen LogP contribution is -2.11. The minimum Gasteiger partial charge on any atom is -0.481 e. The van der Waals surface area contributed by atoms with E-state index in [2.05, 4.69) is 19.2 Å². The van der Waals surface area contributed by atoms with Crippen LogP contribution in [0.4, 0.5) is 13.2 Å². The van der Waals surface area contributed by atoms with Crippen LogP contribution in [-0.2, 0) is 15.8 Å². The van der Waals surface area contributed by atoms with E-state index >= 15 is 0 Å². The van der Waals surface area contributed by atoms with Crippen LogP contribution in [0.1, 0.15) is 25.0 Å². The molecule has 1 aromatic carbocycles. The molecule has 1 aromatic rings. The van der Waals surface area contributed by atoms with Crippen molar-refractivity contribution in [3.8, 4) is 5.75 Å². The van der Waals surface area contributed by atoms with Crippen LogP contribution in [0.3, 0.4) is 0 Å². The van der Waals surface area contributed by atoms with Crippen LogP contribution in [0.2, 0.25) is 0 Å². The van der Waals surface area contributed by atoms with Gasteiger partial charge in [-0.2, -0.15) is 13.2 Å². The highest BCUT2D eigenvalue weighted by atomic mass is 32.1. The third-order valence-corrected chi connectivity index (χ3v) is 2.60. The van der Waals surface area contributed by atoms with Gasteiger partial charge in [0.05, 0.1) is 5.56 Å². The Morgan fingerprint density at radius 1 is 1.33 bits per heavy atom. The smallest absolute Gasteiger partial charge is 0.416 e. The summed E-state index contributed by atoms with van der Waals surface area (Å²) in [4.78, 5) is 20.1. The molecule has 8 heteroatoms. The molecule has 0 atom stereocenters. The standard InChI is InChI=1S/C13H11F3O3S.C3H6O/c1-2-3-11(20)9-6-8(13(14,15)16)4-5-10(9)19-7-12(17)18;1-3(2)4/h2-6,20H,1,7H2,(H,17,18);1-2H3/b11-3-;. The number of Topliss-reactive ketones (excluding diaryl/α,β-unsaturated/α-hetero) is 1. The van der Waals surface area contributed by atoms with E-state index in [-0.39, 0.29) is 22.0 Å². The average Bonchev–Trinajstić information content (AvgIpc) is 2.43. The SMILES string of the molecule is C=C/C=C(\S)c1cc(C(F)(F)F)ccc1OCC(=O)O.CC(C)=O. The summed E-state index contributed by atoms with van der Waals surface area (Å²) in [6, 6.07) is 2.73. The van der Waals surface area contributed by atoms with Crippen molar-refractivity contribution in [1.29, 1.82) is 0 Å². The third-order valence-electron chi connectivity index (χ3n) is 2.21. The van der Waals surface area contributed by atoms with Crippen molar-refractivity contribution in [2.75, 3.05) is 6.61 Å². The molecule has 0 aliphatic rings. The Bertz CT molecular complexity index is 633. The molecule has 0 radical (unpaired) electrons. The number of carbonyl (C=O) groups is 2. The van der Waals surface area contributed by atoms with Crippen molar-refractivity contribution in [2.45, 2.75) is 20.0 Å². The van der Waals surface area contributed by atoms with Crippen LogP contribution < -0.4 is 4.74 Å². The van der Waals surface area contributed by atoms with Gasteiger partial charge in [-0.15, -0.1) is 12.6 Å².